The number of carbonyl (C=O) groups excluding carboxylic acids is 1. The molecular weight excluding hydrogens is 272 g/mol. The molecule has 0 atom stereocenters. The monoisotopic (exact) mass is 290 g/mol. The van der Waals surface area contributed by atoms with E-state index in [-0.39, 0.29) is 5.91 Å². The molecule has 0 saturated heterocycles. The van der Waals surface area contributed by atoms with Crippen LogP contribution >= 0.6 is 11.3 Å². The number of hydrogen-bond donors (Lipinski definition) is 1. The maximum absolute atomic E-state index is 12.0. The van der Waals surface area contributed by atoms with Gasteiger partial charge in [0.15, 0.2) is 0 Å². The smallest absolute Gasteiger partial charge is 0.238 e. The van der Waals surface area contributed by atoms with E-state index in [1.807, 2.05) is 41.6 Å². The second-order valence-corrected chi connectivity index (χ2v) is 5.56. The maximum atomic E-state index is 12.0. The molecule has 0 bridgehead atoms. The van der Waals surface area contributed by atoms with E-state index >= 15 is 0 Å². The van der Waals surface area contributed by atoms with Crippen molar-refractivity contribution >= 4 is 22.9 Å². The molecule has 0 fully saturated rings. The number of nitrogens with one attached hydrogen (secondary N) is 1. The summed E-state index contributed by atoms with van der Waals surface area (Å²) in [6.45, 7) is 1.14. The Kier molecular flexibility index (Phi) is 5.15. The number of anilines is 1. The zero-order valence-corrected chi connectivity index (χ0v) is 12.4. The van der Waals surface area contributed by atoms with Gasteiger partial charge in [0.05, 0.1) is 13.7 Å². The van der Waals surface area contributed by atoms with Gasteiger partial charge < -0.3 is 10.1 Å². The molecule has 0 aliphatic rings. The van der Waals surface area contributed by atoms with Gasteiger partial charge in [0.2, 0.25) is 5.91 Å². The Morgan fingerprint density at radius 2 is 2.20 bits per heavy atom. The summed E-state index contributed by atoms with van der Waals surface area (Å²) in [5, 5.41) is 4.91. The van der Waals surface area contributed by atoms with Gasteiger partial charge in [-0.3, -0.25) is 9.69 Å². The summed E-state index contributed by atoms with van der Waals surface area (Å²) >= 11 is 1.70. The topological polar surface area (TPSA) is 41.6 Å². The van der Waals surface area contributed by atoms with Crippen LogP contribution in [0.3, 0.4) is 0 Å². The van der Waals surface area contributed by atoms with E-state index in [4.69, 9.17) is 4.74 Å². The van der Waals surface area contributed by atoms with Crippen molar-refractivity contribution in [2.24, 2.45) is 0 Å². The Balaban J connectivity index is 1.85. The molecule has 1 heterocycles. The average molecular weight is 290 g/mol. The van der Waals surface area contributed by atoms with E-state index < -0.39 is 0 Å². The number of benzene rings is 1. The molecule has 0 aliphatic carbocycles. The molecule has 106 valence electrons. The van der Waals surface area contributed by atoms with E-state index in [0.29, 0.717) is 6.54 Å². The molecule has 0 unspecified atom stereocenters. The molecule has 0 saturated carbocycles. The number of nitrogens with zero attached hydrogens (tertiary/aromatic N) is 1. The first-order valence-electron chi connectivity index (χ1n) is 6.32. The van der Waals surface area contributed by atoms with Crippen LogP contribution in [0.15, 0.2) is 41.8 Å². The molecule has 5 heteroatoms. The summed E-state index contributed by atoms with van der Waals surface area (Å²) in [7, 11) is 3.54. The van der Waals surface area contributed by atoms with Gasteiger partial charge in [-0.1, -0.05) is 12.1 Å². The minimum atomic E-state index is -0.0303. The Morgan fingerprint density at radius 3 is 2.90 bits per heavy atom. The van der Waals surface area contributed by atoms with Crippen LogP contribution in [0.25, 0.3) is 0 Å². The minimum Gasteiger partial charge on any atom is -0.497 e. The fraction of sp³-hybridized carbons (Fsp3) is 0.267. The lowest BCUT2D eigenvalue weighted by molar-refractivity contribution is -0.117. The average Bonchev–Trinajstić information content (AvgIpc) is 2.91. The van der Waals surface area contributed by atoms with Crippen LogP contribution in [0.2, 0.25) is 0 Å². The van der Waals surface area contributed by atoms with Crippen molar-refractivity contribution in [3.8, 4) is 5.75 Å². The Morgan fingerprint density at radius 1 is 1.35 bits per heavy atom. The van der Waals surface area contributed by atoms with Crippen molar-refractivity contribution in [2.75, 3.05) is 26.0 Å². The summed E-state index contributed by atoms with van der Waals surface area (Å²) in [6.07, 6.45) is 0. The molecule has 2 rings (SSSR count). The van der Waals surface area contributed by atoms with Gasteiger partial charge >= 0.3 is 0 Å². The van der Waals surface area contributed by atoms with Gasteiger partial charge in [-0.2, -0.15) is 0 Å². The van der Waals surface area contributed by atoms with Crippen molar-refractivity contribution in [1.82, 2.24) is 4.90 Å². The van der Waals surface area contributed by atoms with E-state index in [9.17, 15) is 4.79 Å². The van der Waals surface area contributed by atoms with Crippen molar-refractivity contribution in [1.29, 1.82) is 0 Å². The summed E-state index contributed by atoms with van der Waals surface area (Å²) in [5.74, 6) is 0.701. The second kappa shape index (κ2) is 7.07. The number of hydrogen-bond acceptors (Lipinski definition) is 4. The van der Waals surface area contributed by atoms with Crippen LogP contribution in [0.5, 0.6) is 5.75 Å². The molecular formula is C15H18N2O2S. The number of ether oxygens (including phenoxy) is 1. The highest BCUT2D eigenvalue weighted by molar-refractivity contribution is 7.09. The molecule has 1 aromatic carbocycles. The highest BCUT2D eigenvalue weighted by Gasteiger charge is 2.08. The number of methoxy groups -OCH3 is 1. The van der Waals surface area contributed by atoms with Gasteiger partial charge in [-0.05, 0) is 30.6 Å². The molecule has 0 spiro atoms. The first-order chi connectivity index (χ1) is 9.67. The molecule has 1 aromatic heterocycles. The first-order valence-corrected chi connectivity index (χ1v) is 7.20. The summed E-state index contributed by atoms with van der Waals surface area (Å²) in [6, 6.07) is 11.4. The maximum Gasteiger partial charge on any atom is 0.238 e. The fourth-order valence-electron chi connectivity index (χ4n) is 1.87. The summed E-state index contributed by atoms with van der Waals surface area (Å²) < 4.78 is 5.13. The number of carbonyl (C=O) groups is 1. The highest BCUT2D eigenvalue weighted by atomic mass is 32.1. The lowest BCUT2D eigenvalue weighted by Gasteiger charge is -2.15. The van der Waals surface area contributed by atoms with Crippen LogP contribution in [-0.4, -0.2) is 31.5 Å². The standard InChI is InChI=1S/C15H18N2O2S/c1-17(10-14-7-4-8-20-14)11-15(18)16-12-5-3-6-13(9-12)19-2/h3-9H,10-11H2,1-2H3,(H,16,18). The Hall–Kier alpha value is -1.85. The molecule has 0 aliphatic heterocycles. The molecule has 0 radical (unpaired) electrons. The molecule has 1 amide bonds. The quantitative estimate of drug-likeness (QED) is 0.889. The van der Waals surface area contributed by atoms with Crippen LogP contribution in [0.4, 0.5) is 5.69 Å². The summed E-state index contributed by atoms with van der Waals surface area (Å²) in [4.78, 5) is 15.2. The van der Waals surface area contributed by atoms with Gasteiger partial charge in [-0.15, -0.1) is 11.3 Å². The third-order valence-electron chi connectivity index (χ3n) is 2.77. The van der Waals surface area contributed by atoms with Gasteiger partial charge in [0.1, 0.15) is 5.75 Å². The van der Waals surface area contributed by atoms with E-state index in [1.54, 1.807) is 24.5 Å². The summed E-state index contributed by atoms with van der Waals surface area (Å²) in [5.41, 5.74) is 0.749. The van der Waals surface area contributed by atoms with Crippen LogP contribution < -0.4 is 10.1 Å². The SMILES string of the molecule is COc1cccc(NC(=O)CN(C)Cc2cccs2)c1. The van der Waals surface area contributed by atoms with Crippen LogP contribution in [0, 0.1) is 0 Å². The zero-order valence-electron chi connectivity index (χ0n) is 11.6. The lowest BCUT2D eigenvalue weighted by Crippen LogP contribution is -2.29. The zero-order chi connectivity index (χ0) is 14.4. The van der Waals surface area contributed by atoms with Crippen molar-refractivity contribution in [3.05, 3.63) is 46.7 Å². The molecule has 4 nitrogen and oxygen atoms in total. The third kappa shape index (κ3) is 4.36. The molecule has 2 aromatic rings. The normalized spacial score (nSPS) is 10.6. The first kappa shape index (κ1) is 14.6. The number of likely N-dealkylation sites (N-methyl/N-ethyl adjacent to an activating group) is 1. The number of thiophene rings is 1. The van der Waals surface area contributed by atoms with Crippen molar-refractivity contribution in [2.45, 2.75) is 6.54 Å². The fourth-order valence-corrected chi connectivity index (χ4v) is 2.65. The van der Waals surface area contributed by atoms with Gasteiger partial charge in [0.25, 0.3) is 0 Å². The predicted octanol–water partition coefficient (Wildman–Crippen LogP) is 2.83. The lowest BCUT2D eigenvalue weighted by atomic mass is 10.3. The van der Waals surface area contributed by atoms with Crippen LogP contribution in [0.1, 0.15) is 4.88 Å². The van der Waals surface area contributed by atoms with Crippen LogP contribution in [-0.2, 0) is 11.3 Å². The van der Waals surface area contributed by atoms with E-state index in [2.05, 4.69) is 11.4 Å². The third-order valence-corrected chi connectivity index (χ3v) is 3.63. The second-order valence-electron chi connectivity index (χ2n) is 4.53. The minimum absolute atomic E-state index is 0.0303. The molecule has 1 N–H and O–H groups in total. The number of rotatable bonds is 6. The Bertz CT molecular complexity index is 555. The largest absolute Gasteiger partial charge is 0.497 e. The van der Waals surface area contributed by atoms with Gasteiger partial charge in [-0.25, -0.2) is 0 Å². The van der Waals surface area contributed by atoms with Crippen molar-refractivity contribution in [3.63, 3.8) is 0 Å². The van der Waals surface area contributed by atoms with E-state index in [0.717, 1.165) is 18.0 Å². The molecule has 20 heavy (non-hydrogen) atoms. The highest BCUT2D eigenvalue weighted by Crippen LogP contribution is 2.16. The Labute approximate surface area is 123 Å². The van der Waals surface area contributed by atoms with Gasteiger partial charge in [0, 0.05) is 23.2 Å². The van der Waals surface area contributed by atoms with Crippen molar-refractivity contribution < 1.29 is 9.53 Å². The number of amides is 1. The predicted molar refractivity (Wildman–Crippen MR) is 82.3 cm³/mol. The van der Waals surface area contributed by atoms with E-state index in [1.165, 1.54) is 4.88 Å².